The molecule has 15 heavy (non-hydrogen) atoms. The molecule has 0 spiro atoms. The maximum Gasteiger partial charge on any atom is 0.204 e. The predicted octanol–water partition coefficient (Wildman–Crippen LogP) is 2.30. The van der Waals surface area contributed by atoms with Crippen LogP contribution in [0.25, 0.3) is 0 Å². The fourth-order valence-electron chi connectivity index (χ4n) is 0.823. The van der Waals surface area contributed by atoms with Gasteiger partial charge in [-0.25, -0.2) is 4.39 Å². The lowest BCUT2D eigenvalue weighted by Crippen LogP contribution is -1.91. The Balaban J connectivity index is 0. The topological polar surface area (TPSA) is 55.1 Å². The smallest absolute Gasteiger partial charge is 0.204 e. The van der Waals surface area contributed by atoms with Crippen LogP contribution in [-0.2, 0) is 4.79 Å². The van der Waals surface area contributed by atoms with Gasteiger partial charge in [0.2, 0.25) is 6.41 Å². The van der Waals surface area contributed by atoms with Crippen molar-refractivity contribution in [3.05, 3.63) is 29.6 Å². The average molecular weight is 214 g/mol. The second-order valence-electron chi connectivity index (χ2n) is 2.37. The van der Waals surface area contributed by atoms with Gasteiger partial charge in [0.1, 0.15) is 5.82 Å². The average Bonchev–Trinajstić information content (AvgIpc) is 2.22. The largest absolute Gasteiger partial charge is 0.386 e. The van der Waals surface area contributed by atoms with Crippen molar-refractivity contribution in [2.24, 2.45) is 5.73 Å². The SMILES string of the molecule is CC.CNc1ccc(C)cc1F.NC=O. The highest BCUT2D eigenvalue weighted by Crippen LogP contribution is 2.13. The van der Waals surface area contributed by atoms with Crippen LogP contribution in [0.1, 0.15) is 19.4 Å². The molecule has 3 nitrogen and oxygen atoms in total. The van der Waals surface area contributed by atoms with Gasteiger partial charge in [0.25, 0.3) is 0 Å². The molecule has 0 aliphatic rings. The number of primary amides is 1. The van der Waals surface area contributed by atoms with Gasteiger partial charge in [-0.1, -0.05) is 19.9 Å². The Kier molecular flexibility index (Phi) is 11.1. The van der Waals surface area contributed by atoms with Gasteiger partial charge in [-0.15, -0.1) is 0 Å². The van der Waals surface area contributed by atoms with Crippen molar-refractivity contribution in [2.75, 3.05) is 12.4 Å². The number of nitrogens with two attached hydrogens (primary N) is 1. The van der Waals surface area contributed by atoms with Crippen LogP contribution in [0.5, 0.6) is 0 Å². The number of anilines is 1. The lowest BCUT2D eigenvalue weighted by molar-refractivity contribution is -0.106. The first-order chi connectivity index (χ1) is 7.15. The Morgan fingerprint density at radius 1 is 1.40 bits per heavy atom. The molecule has 0 aliphatic heterocycles. The Labute approximate surface area is 90.5 Å². The minimum Gasteiger partial charge on any atom is -0.386 e. The van der Waals surface area contributed by atoms with Crippen LogP contribution in [-0.4, -0.2) is 13.5 Å². The maximum absolute atomic E-state index is 12.8. The van der Waals surface area contributed by atoms with Crippen molar-refractivity contribution in [3.8, 4) is 0 Å². The highest BCUT2D eigenvalue weighted by atomic mass is 19.1. The summed E-state index contributed by atoms with van der Waals surface area (Å²) in [6, 6.07) is 5.10. The Morgan fingerprint density at radius 3 is 2.20 bits per heavy atom. The van der Waals surface area contributed by atoms with Crippen molar-refractivity contribution in [3.63, 3.8) is 0 Å². The number of halogens is 1. The Morgan fingerprint density at radius 2 is 1.87 bits per heavy atom. The molecule has 0 fully saturated rings. The summed E-state index contributed by atoms with van der Waals surface area (Å²) in [5, 5.41) is 2.75. The van der Waals surface area contributed by atoms with Crippen LogP contribution >= 0.6 is 0 Å². The molecule has 86 valence electrons. The van der Waals surface area contributed by atoms with E-state index < -0.39 is 0 Å². The van der Waals surface area contributed by atoms with Gasteiger partial charge in [-0.05, 0) is 24.6 Å². The van der Waals surface area contributed by atoms with E-state index in [0.29, 0.717) is 5.69 Å². The molecule has 0 saturated heterocycles. The summed E-state index contributed by atoms with van der Waals surface area (Å²) in [5.41, 5.74) is 5.65. The molecule has 0 atom stereocenters. The van der Waals surface area contributed by atoms with E-state index in [1.807, 2.05) is 26.8 Å². The van der Waals surface area contributed by atoms with E-state index in [2.05, 4.69) is 11.1 Å². The van der Waals surface area contributed by atoms with E-state index in [-0.39, 0.29) is 12.2 Å². The van der Waals surface area contributed by atoms with E-state index >= 15 is 0 Å². The highest BCUT2D eigenvalue weighted by molar-refractivity contribution is 5.45. The maximum atomic E-state index is 12.8. The van der Waals surface area contributed by atoms with Crippen molar-refractivity contribution in [1.82, 2.24) is 0 Å². The zero-order valence-corrected chi connectivity index (χ0v) is 9.67. The van der Waals surface area contributed by atoms with Crippen LogP contribution < -0.4 is 11.1 Å². The van der Waals surface area contributed by atoms with E-state index in [1.165, 1.54) is 6.07 Å². The standard InChI is InChI=1S/C8H10FN.C2H6.CH3NO/c1-6-3-4-8(10-2)7(9)5-6;1-2;2-1-3/h3-5,10H,1-2H3;1-2H3;1H,(H2,2,3). The zero-order chi connectivity index (χ0) is 12.3. The highest BCUT2D eigenvalue weighted by Gasteiger charge is 1.96. The molecule has 3 N–H and O–H groups in total. The summed E-state index contributed by atoms with van der Waals surface area (Å²) in [6.07, 6.45) is 0.250. The van der Waals surface area contributed by atoms with Gasteiger partial charge in [0.15, 0.2) is 0 Å². The number of carbonyl (C=O) groups is 1. The lowest BCUT2D eigenvalue weighted by Gasteiger charge is -2.00. The third-order valence-corrected chi connectivity index (χ3v) is 1.39. The first-order valence-electron chi connectivity index (χ1n) is 4.75. The first-order valence-corrected chi connectivity index (χ1v) is 4.75. The van der Waals surface area contributed by atoms with Crippen molar-refractivity contribution in [1.29, 1.82) is 0 Å². The molecule has 0 saturated carbocycles. The number of hydrogen-bond donors (Lipinski definition) is 2. The molecule has 1 aromatic carbocycles. The number of aryl methyl sites for hydroxylation is 1. The second kappa shape index (κ2) is 10.5. The summed E-state index contributed by atoms with van der Waals surface area (Å²) in [6.45, 7) is 5.86. The van der Waals surface area contributed by atoms with Crippen molar-refractivity contribution in [2.45, 2.75) is 20.8 Å². The summed E-state index contributed by atoms with van der Waals surface area (Å²) < 4.78 is 12.8. The molecular formula is C11H19FN2O. The van der Waals surface area contributed by atoms with E-state index in [0.717, 1.165) is 5.56 Å². The van der Waals surface area contributed by atoms with Gasteiger partial charge in [0.05, 0.1) is 5.69 Å². The quantitative estimate of drug-likeness (QED) is 0.705. The van der Waals surface area contributed by atoms with Crippen molar-refractivity contribution < 1.29 is 9.18 Å². The molecule has 0 bridgehead atoms. The molecule has 1 aromatic rings. The molecule has 0 unspecified atom stereocenters. The number of amides is 1. The Hall–Kier alpha value is -1.58. The zero-order valence-electron chi connectivity index (χ0n) is 9.67. The fraction of sp³-hybridized carbons (Fsp3) is 0.364. The van der Waals surface area contributed by atoms with Crippen LogP contribution in [0.15, 0.2) is 18.2 Å². The molecule has 1 rings (SSSR count). The number of hydrogen-bond acceptors (Lipinski definition) is 2. The van der Waals surface area contributed by atoms with Crippen LogP contribution in [0.2, 0.25) is 0 Å². The molecule has 0 aliphatic carbocycles. The first kappa shape index (κ1) is 15.9. The Bertz CT molecular complexity index is 277. The van der Waals surface area contributed by atoms with E-state index in [9.17, 15) is 4.39 Å². The van der Waals surface area contributed by atoms with Gasteiger partial charge in [0, 0.05) is 7.05 Å². The van der Waals surface area contributed by atoms with Crippen LogP contribution in [0.3, 0.4) is 0 Å². The molecular weight excluding hydrogens is 195 g/mol. The fourth-order valence-corrected chi connectivity index (χ4v) is 0.823. The van der Waals surface area contributed by atoms with Gasteiger partial charge in [-0.3, -0.25) is 4.79 Å². The summed E-state index contributed by atoms with van der Waals surface area (Å²) in [5.74, 6) is -0.192. The van der Waals surface area contributed by atoms with Gasteiger partial charge >= 0.3 is 0 Å². The lowest BCUT2D eigenvalue weighted by atomic mass is 10.2. The van der Waals surface area contributed by atoms with E-state index in [4.69, 9.17) is 4.79 Å². The molecule has 0 aromatic heterocycles. The minimum absolute atomic E-state index is 0.192. The summed E-state index contributed by atoms with van der Waals surface area (Å²) >= 11 is 0. The predicted molar refractivity (Wildman–Crippen MR) is 62.3 cm³/mol. The molecule has 0 heterocycles. The molecule has 0 radical (unpaired) electrons. The summed E-state index contributed by atoms with van der Waals surface area (Å²) in [7, 11) is 1.70. The second-order valence-corrected chi connectivity index (χ2v) is 2.37. The number of benzene rings is 1. The third kappa shape index (κ3) is 7.49. The minimum atomic E-state index is -0.192. The third-order valence-electron chi connectivity index (χ3n) is 1.39. The molecule has 1 amide bonds. The molecule has 4 heteroatoms. The number of rotatable bonds is 1. The van der Waals surface area contributed by atoms with Crippen LogP contribution in [0, 0.1) is 12.7 Å². The normalized spacial score (nSPS) is 7.53. The van der Waals surface area contributed by atoms with Gasteiger partial charge in [-0.2, -0.15) is 0 Å². The monoisotopic (exact) mass is 214 g/mol. The number of carbonyl (C=O) groups excluding carboxylic acids is 1. The van der Waals surface area contributed by atoms with Crippen molar-refractivity contribution >= 4 is 12.1 Å². The summed E-state index contributed by atoms with van der Waals surface area (Å²) in [4.78, 5) is 8.58. The van der Waals surface area contributed by atoms with Gasteiger partial charge < -0.3 is 11.1 Å². The van der Waals surface area contributed by atoms with Crippen LogP contribution in [0.4, 0.5) is 10.1 Å². The number of nitrogens with one attached hydrogen (secondary N) is 1. The van der Waals surface area contributed by atoms with E-state index in [1.54, 1.807) is 13.1 Å².